The molecule has 0 saturated carbocycles. The minimum absolute atomic E-state index is 0.183. The van der Waals surface area contributed by atoms with Gasteiger partial charge in [0.15, 0.2) is 5.25 Å². The summed E-state index contributed by atoms with van der Waals surface area (Å²) < 4.78 is 26.5. The van der Waals surface area contributed by atoms with E-state index in [-0.39, 0.29) is 19.6 Å². The lowest BCUT2D eigenvalue weighted by atomic mass is 10.2. The molecule has 2 N–H and O–H groups in total. The second kappa shape index (κ2) is 7.53. The van der Waals surface area contributed by atoms with Crippen LogP contribution < -0.4 is 5.73 Å². The van der Waals surface area contributed by atoms with Crippen LogP contribution in [0.1, 0.15) is 12.5 Å². The Morgan fingerprint density at radius 1 is 1.24 bits per heavy atom. The van der Waals surface area contributed by atoms with Crippen molar-refractivity contribution in [3.05, 3.63) is 35.9 Å². The highest BCUT2D eigenvalue weighted by atomic mass is 32.2. The molecule has 1 amide bonds. The maximum absolute atomic E-state index is 12.6. The summed E-state index contributed by atoms with van der Waals surface area (Å²) in [6.07, 6.45) is 0. The Morgan fingerprint density at radius 3 is 2.29 bits per heavy atom. The molecule has 1 aromatic rings. The Labute approximate surface area is 126 Å². The van der Waals surface area contributed by atoms with Gasteiger partial charge in [-0.05, 0) is 12.5 Å². The van der Waals surface area contributed by atoms with Crippen LogP contribution in [0.15, 0.2) is 30.3 Å². The minimum Gasteiger partial charge on any atom is -0.348 e. The van der Waals surface area contributed by atoms with Gasteiger partial charge in [-0.25, -0.2) is 8.42 Å². The number of nitrogens with zero attached hydrogens (tertiary/aromatic N) is 2. The number of hydrogen-bond donors (Lipinski definition) is 1. The fraction of sp³-hybridized carbons (Fsp3) is 0.500. The first kappa shape index (κ1) is 17.6. The average Bonchev–Trinajstić information content (AvgIpc) is 2.46. The molecule has 0 aliphatic heterocycles. The van der Waals surface area contributed by atoms with Gasteiger partial charge < -0.3 is 10.6 Å². The van der Waals surface area contributed by atoms with Crippen molar-refractivity contribution in [1.29, 1.82) is 0 Å². The van der Waals surface area contributed by atoms with Crippen LogP contribution in [0.25, 0.3) is 0 Å². The summed E-state index contributed by atoms with van der Waals surface area (Å²) >= 11 is 0. The molecule has 1 unspecified atom stereocenters. The summed E-state index contributed by atoms with van der Waals surface area (Å²) in [6.45, 7) is 2.01. The van der Waals surface area contributed by atoms with Gasteiger partial charge in [0.2, 0.25) is 15.9 Å². The van der Waals surface area contributed by atoms with Crippen LogP contribution in [0.5, 0.6) is 0 Å². The summed E-state index contributed by atoms with van der Waals surface area (Å²) in [4.78, 5) is 13.2. The van der Waals surface area contributed by atoms with Crippen molar-refractivity contribution in [2.45, 2.75) is 18.7 Å². The van der Waals surface area contributed by atoms with E-state index in [0.717, 1.165) is 5.56 Å². The normalized spacial score (nSPS) is 13.2. The third-order valence-electron chi connectivity index (χ3n) is 3.18. The zero-order chi connectivity index (χ0) is 16.0. The molecule has 6 nitrogen and oxygen atoms in total. The van der Waals surface area contributed by atoms with Gasteiger partial charge >= 0.3 is 0 Å². The van der Waals surface area contributed by atoms with Gasteiger partial charge in [-0.1, -0.05) is 30.3 Å². The topological polar surface area (TPSA) is 83.7 Å². The summed E-state index contributed by atoms with van der Waals surface area (Å²) in [7, 11) is -0.663. The molecule has 0 aliphatic carbocycles. The number of carbonyl (C=O) groups is 1. The Morgan fingerprint density at radius 2 is 1.81 bits per heavy atom. The van der Waals surface area contributed by atoms with E-state index >= 15 is 0 Å². The largest absolute Gasteiger partial charge is 0.348 e. The molecule has 1 rings (SSSR count). The Kier molecular flexibility index (Phi) is 6.32. The van der Waals surface area contributed by atoms with Gasteiger partial charge in [-0.3, -0.25) is 4.79 Å². The number of rotatable bonds is 7. The van der Waals surface area contributed by atoms with E-state index in [1.54, 1.807) is 14.1 Å². The highest BCUT2D eigenvalue weighted by molar-refractivity contribution is 7.90. The zero-order valence-electron chi connectivity index (χ0n) is 12.7. The predicted molar refractivity (Wildman–Crippen MR) is 83.0 cm³/mol. The molecule has 0 aliphatic rings. The first-order valence-electron chi connectivity index (χ1n) is 6.74. The quantitative estimate of drug-likeness (QED) is 0.782. The highest BCUT2D eigenvalue weighted by Crippen LogP contribution is 2.14. The van der Waals surface area contributed by atoms with Gasteiger partial charge in [0, 0.05) is 33.7 Å². The van der Waals surface area contributed by atoms with E-state index in [0.29, 0.717) is 0 Å². The first-order valence-corrected chi connectivity index (χ1v) is 8.25. The maximum Gasteiger partial charge on any atom is 0.241 e. The SMILES string of the molecule is CC(C(=O)N(C)C)S(=O)(=O)N(CCN)Cc1ccccc1. The molecule has 0 bridgehead atoms. The molecule has 21 heavy (non-hydrogen) atoms. The van der Waals surface area contributed by atoms with E-state index in [1.807, 2.05) is 30.3 Å². The molecule has 1 atom stereocenters. The van der Waals surface area contributed by atoms with Crippen LogP contribution >= 0.6 is 0 Å². The molecule has 0 saturated heterocycles. The van der Waals surface area contributed by atoms with Crippen LogP contribution in [-0.2, 0) is 21.4 Å². The Bertz CT molecular complexity index is 558. The fourth-order valence-electron chi connectivity index (χ4n) is 1.94. The molecule has 0 spiro atoms. The van der Waals surface area contributed by atoms with Gasteiger partial charge in [0.05, 0.1) is 0 Å². The van der Waals surface area contributed by atoms with Crippen LogP contribution in [0.3, 0.4) is 0 Å². The van der Waals surface area contributed by atoms with E-state index in [2.05, 4.69) is 0 Å². The number of benzene rings is 1. The summed E-state index contributed by atoms with van der Waals surface area (Å²) in [5.74, 6) is -0.440. The number of hydrogen-bond acceptors (Lipinski definition) is 4. The van der Waals surface area contributed by atoms with Crippen molar-refractivity contribution >= 4 is 15.9 Å². The molecule has 0 fully saturated rings. The molecule has 1 aromatic carbocycles. The number of amides is 1. The Hall–Kier alpha value is -1.44. The molecule has 7 heteroatoms. The first-order chi connectivity index (χ1) is 9.80. The third-order valence-corrected chi connectivity index (χ3v) is 5.30. The summed E-state index contributed by atoms with van der Waals surface area (Å²) in [5.41, 5.74) is 6.37. The van der Waals surface area contributed by atoms with Crippen LogP contribution in [0.4, 0.5) is 0 Å². The highest BCUT2D eigenvalue weighted by Gasteiger charge is 2.34. The van der Waals surface area contributed by atoms with Gasteiger partial charge in [0.25, 0.3) is 0 Å². The second-order valence-corrected chi connectivity index (χ2v) is 7.28. The number of sulfonamides is 1. The minimum atomic E-state index is -3.74. The van der Waals surface area contributed by atoms with Crippen molar-refractivity contribution in [3.63, 3.8) is 0 Å². The van der Waals surface area contributed by atoms with Crippen molar-refractivity contribution in [3.8, 4) is 0 Å². The lowest BCUT2D eigenvalue weighted by Crippen LogP contribution is -2.46. The van der Waals surface area contributed by atoms with E-state index in [9.17, 15) is 13.2 Å². The van der Waals surface area contributed by atoms with Crippen molar-refractivity contribution in [1.82, 2.24) is 9.21 Å². The summed E-state index contributed by atoms with van der Waals surface area (Å²) in [5, 5.41) is -1.12. The summed E-state index contributed by atoms with van der Waals surface area (Å²) in [6, 6.07) is 9.24. The average molecular weight is 313 g/mol. The lowest BCUT2D eigenvalue weighted by Gasteiger charge is -2.26. The molecule has 118 valence electrons. The Balaban J connectivity index is 3.00. The number of carbonyl (C=O) groups excluding carboxylic acids is 1. The predicted octanol–water partition coefficient (Wildman–Crippen LogP) is 0.254. The van der Waals surface area contributed by atoms with E-state index in [1.165, 1.54) is 16.1 Å². The molecule has 0 heterocycles. The third kappa shape index (κ3) is 4.52. The van der Waals surface area contributed by atoms with E-state index < -0.39 is 21.2 Å². The second-order valence-electron chi connectivity index (χ2n) is 5.03. The number of nitrogens with two attached hydrogens (primary N) is 1. The molecular weight excluding hydrogens is 290 g/mol. The van der Waals surface area contributed by atoms with E-state index in [4.69, 9.17) is 5.73 Å². The van der Waals surface area contributed by atoms with Gasteiger partial charge in [0.1, 0.15) is 0 Å². The van der Waals surface area contributed by atoms with Gasteiger partial charge in [-0.2, -0.15) is 4.31 Å². The van der Waals surface area contributed by atoms with Crippen molar-refractivity contribution < 1.29 is 13.2 Å². The fourth-order valence-corrected chi connectivity index (χ4v) is 3.54. The molecule has 0 aromatic heterocycles. The van der Waals surface area contributed by atoms with Crippen LogP contribution in [0, 0.1) is 0 Å². The van der Waals surface area contributed by atoms with Crippen molar-refractivity contribution in [2.24, 2.45) is 5.73 Å². The monoisotopic (exact) mass is 313 g/mol. The van der Waals surface area contributed by atoms with Crippen LogP contribution in [0.2, 0.25) is 0 Å². The smallest absolute Gasteiger partial charge is 0.241 e. The maximum atomic E-state index is 12.6. The zero-order valence-corrected chi connectivity index (χ0v) is 13.5. The molecule has 0 radical (unpaired) electrons. The lowest BCUT2D eigenvalue weighted by molar-refractivity contribution is -0.128. The van der Waals surface area contributed by atoms with Crippen molar-refractivity contribution in [2.75, 3.05) is 27.2 Å². The van der Waals surface area contributed by atoms with Gasteiger partial charge in [-0.15, -0.1) is 0 Å². The van der Waals surface area contributed by atoms with Crippen LogP contribution in [-0.4, -0.2) is 56.0 Å². The standard InChI is InChI=1S/C14H23N3O3S/c1-12(14(18)16(2)3)21(19,20)17(10-9-15)11-13-7-5-4-6-8-13/h4-8,12H,9-11,15H2,1-3H3. The molecular formula is C14H23N3O3S.